The lowest BCUT2D eigenvalue weighted by Gasteiger charge is -2.09. The summed E-state index contributed by atoms with van der Waals surface area (Å²) in [7, 11) is 1.59. The number of hydrogen-bond acceptors (Lipinski definition) is 7. The highest BCUT2D eigenvalue weighted by Gasteiger charge is 2.11. The second kappa shape index (κ2) is 12.7. The van der Waals surface area contributed by atoms with Gasteiger partial charge in [-0.15, -0.1) is 0 Å². The third-order valence-electron chi connectivity index (χ3n) is 4.93. The molecule has 3 aromatic carbocycles. The first kappa shape index (κ1) is 26.0. The quantitative estimate of drug-likeness (QED) is 0.298. The van der Waals surface area contributed by atoms with Crippen LogP contribution >= 0.6 is 0 Å². The molecule has 0 radical (unpaired) electrons. The molecule has 2 amide bonds. The van der Waals surface area contributed by atoms with Gasteiger partial charge in [0.25, 0.3) is 5.91 Å². The fourth-order valence-electron chi connectivity index (χ4n) is 3.03. The van der Waals surface area contributed by atoms with Crippen molar-refractivity contribution in [2.45, 2.75) is 19.8 Å². The van der Waals surface area contributed by atoms with E-state index in [0.717, 1.165) is 5.75 Å². The number of amides is 2. The smallest absolute Gasteiger partial charge is 0.306 e. The van der Waals surface area contributed by atoms with Gasteiger partial charge in [0.15, 0.2) is 12.4 Å². The van der Waals surface area contributed by atoms with Gasteiger partial charge in [-0.3, -0.25) is 19.2 Å². The topological polar surface area (TPSA) is 120 Å². The van der Waals surface area contributed by atoms with E-state index in [1.54, 1.807) is 79.9 Å². The van der Waals surface area contributed by atoms with Crippen LogP contribution in [0, 0.1) is 0 Å². The summed E-state index contributed by atoms with van der Waals surface area (Å²) in [6.45, 7) is 0.966. The molecule has 0 fully saturated rings. The van der Waals surface area contributed by atoms with Gasteiger partial charge in [-0.1, -0.05) is 0 Å². The maximum absolute atomic E-state index is 12.1. The molecule has 186 valence electrons. The SMILES string of the molecule is COc1ccc(Oc2ccc(NC(=O)CCC(=O)OCC(=O)Nc3ccc(C(C)=O)cc3)cc2)cc1. The number of ketones is 1. The van der Waals surface area contributed by atoms with Crippen molar-refractivity contribution in [1.29, 1.82) is 0 Å². The highest BCUT2D eigenvalue weighted by molar-refractivity contribution is 5.96. The van der Waals surface area contributed by atoms with Crippen LogP contribution in [0.2, 0.25) is 0 Å². The lowest BCUT2D eigenvalue weighted by molar-refractivity contribution is -0.147. The van der Waals surface area contributed by atoms with Crippen molar-refractivity contribution in [2.24, 2.45) is 0 Å². The zero-order valence-electron chi connectivity index (χ0n) is 19.9. The normalized spacial score (nSPS) is 10.2. The summed E-state index contributed by atoms with van der Waals surface area (Å²) in [5.74, 6) is 0.313. The molecule has 0 spiro atoms. The Morgan fingerprint density at radius 2 is 1.17 bits per heavy atom. The number of carbonyl (C=O) groups is 4. The van der Waals surface area contributed by atoms with Crippen molar-refractivity contribution in [3.8, 4) is 17.2 Å². The van der Waals surface area contributed by atoms with Gasteiger partial charge in [-0.25, -0.2) is 0 Å². The summed E-state index contributed by atoms with van der Waals surface area (Å²) in [4.78, 5) is 47.2. The maximum Gasteiger partial charge on any atom is 0.306 e. The van der Waals surface area contributed by atoms with E-state index < -0.39 is 18.5 Å². The average molecular weight is 491 g/mol. The van der Waals surface area contributed by atoms with E-state index in [1.807, 2.05) is 0 Å². The predicted molar refractivity (Wildman–Crippen MR) is 133 cm³/mol. The van der Waals surface area contributed by atoms with E-state index in [-0.39, 0.29) is 24.5 Å². The lowest BCUT2D eigenvalue weighted by Crippen LogP contribution is -2.21. The van der Waals surface area contributed by atoms with Crippen LogP contribution in [0.4, 0.5) is 11.4 Å². The van der Waals surface area contributed by atoms with E-state index in [9.17, 15) is 19.2 Å². The Morgan fingerprint density at radius 1 is 0.667 bits per heavy atom. The minimum atomic E-state index is -0.671. The van der Waals surface area contributed by atoms with Gasteiger partial charge in [0.1, 0.15) is 17.2 Å². The standard InChI is InChI=1S/C27H26N2O7/c1-18(30)19-3-5-20(6-4-19)29-26(32)17-35-27(33)16-15-25(31)28-21-7-9-23(10-8-21)36-24-13-11-22(34-2)12-14-24/h3-14H,15-17H2,1-2H3,(H,28,31)(H,29,32). The molecular weight excluding hydrogens is 464 g/mol. The number of methoxy groups -OCH3 is 1. The second-order valence-electron chi connectivity index (χ2n) is 7.69. The first-order valence-corrected chi connectivity index (χ1v) is 11.1. The number of ether oxygens (including phenoxy) is 3. The Balaban J connectivity index is 1.36. The fraction of sp³-hybridized carbons (Fsp3) is 0.185. The van der Waals surface area contributed by atoms with Gasteiger partial charge in [-0.2, -0.15) is 0 Å². The van der Waals surface area contributed by atoms with Crippen molar-refractivity contribution in [3.05, 3.63) is 78.4 Å². The fourth-order valence-corrected chi connectivity index (χ4v) is 3.03. The zero-order valence-corrected chi connectivity index (χ0v) is 19.9. The minimum Gasteiger partial charge on any atom is -0.497 e. The molecular formula is C27H26N2O7. The van der Waals surface area contributed by atoms with Crippen LogP contribution in [0.25, 0.3) is 0 Å². The highest BCUT2D eigenvalue weighted by atomic mass is 16.5. The number of carbonyl (C=O) groups excluding carboxylic acids is 4. The van der Waals surface area contributed by atoms with E-state index >= 15 is 0 Å². The summed E-state index contributed by atoms with van der Waals surface area (Å²) in [5.41, 5.74) is 1.54. The minimum absolute atomic E-state index is 0.0819. The maximum atomic E-state index is 12.1. The summed E-state index contributed by atoms with van der Waals surface area (Å²) in [5, 5.41) is 5.25. The van der Waals surface area contributed by atoms with Crippen molar-refractivity contribution in [2.75, 3.05) is 24.4 Å². The molecule has 0 aliphatic heterocycles. The van der Waals surface area contributed by atoms with Crippen LogP contribution < -0.4 is 20.1 Å². The largest absolute Gasteiger partial charge is 0.497 e. The summed E-state index contributed by atoms with van der Waals surface area (Å²) < 4.78 is 15.8. The number of benzene rings is 3. The van der Waals surface area contributed by atoms with E-state index in [4.69, 9.17) is 14.2 Å². The molecule has 9 nitrogen and oxygen atoms in total. The van der Waals surface area contributed by atoms with Crippen LogP contribution in [0.3, 0.4) is 0 Å². The molecule has 2 N–H and O–H groups in total. The van der Waals surface area contributed by atoms with Crippen LogP contribution in [0.5, 0.6) is 17.2 Å². The monoisotopic (exact) mass is 490 g/mol. The van der Waals surface area contributed by atoms with Crippen molar-refractivity contribution in [3.63, 3.8) is 0 Å². The van der Waals surface area contributed by atoms with Gasteiger partial charge in [0, 0.05) is 23.4 Å². The van der Waals surface area contributed by atoms with Crippen LogP contribution in [0.1, 0.15) is 30.1 Å². The second-order valence-corrected chi connectivity index (χ2v) is 7.69. The summed E-state index contributed by atoms with van der Waals surface area (Å²) >= 11 is 0. The van der Waals surface area contributed by atoms with Crippen LogP contribution in [0.15, 0.2) is 72.8 Å². The lowest BCUT2D eigenvalue weighted by atomic mass is 10.1. The molecule has 3 rings (SSSR count). The van der Waals surface area contributed by atoms with Crippen molar-refractivity contribution < 1.29 is 33.4 Å². The van der Waals surface area contributed by atoms with Gasteiger partial charge in [0.05, 0.1) is 13.5 Å². The molecule has 36 heavy (non-hydrogen) atoms. The summed E-state index contributed by atoms with van der Waals surface area (Å²) in [6, 6.07) is 20.3. The van der Waals surface area contributed by atoms with Crippen LogP contribution in [-0.2, 0) is 19.1 Å². The third-order valence-corrected chi connectivity index (χ3v) is 4.93. The number of anilines is 2. The van der Waals surface area contributed by atoms with Crippen LogP contribution in [-0.4, -0.2) is 37.3 Å². The average Bonchev–Trinajstić information content (AvgIpc) is 2.88. The first-order valence-electron chi connectivity index (χ1n) is 11.1. The van der Waals surface area contributed by atoms with Gasteiger partial charge >= 0.3 is 5.97 Å². The molecule has 0 aliphatic rings. The third kappa shape index (κ3) is 8.28. The predicted octanol–water partition coefficient (Wildman–Crippen LogP) is 4.59. The van der Waals surface area contributed by atoms with Gasteiger partial charge in [0.2, 0.25) is 5.91 Å². The molecule has 3 aromatic rings. The van der Waals surface area contributed by atoms with E-state index in [2.05, 4.69) is 10.6 Å². The molecule has 0 unspecified atom stereocenters. The van der Waals surface area contributed by atoms with E-state index in [0.29, 0.717) is 28.4 Å². The van der Waals surface area contributed by atoms with Gasteiger partial charge < -0.3 is 24.8 Å². The number of rotatable bonds is 11. The number of esters is 1. The number of Topliss-reactive ketones (excluding diaryl/α,β-unsaturated/α-hetero) is 1. The molecule has 0 aliphatic carbocycles. The Morgan fingerprint density at radius 3 is 1.72 bits per heavy atom. The molecule has 0 aromatic heterocycles. The molecule has 0 heterocycles. The Kier molecular flexibility index (Phi) is 9.16. The van der Waals surface area contributed by atoms with Gasteiger partial charge in [-0.05, 0) is 79.7 Å². The van der Waals surface area contributed by atoms with Crippen molar-refractivity contribution >= 4 is 34.9 Å². The number of nitrogens with one attached hydrogen (secondary N) is 2. The molecule has 0 saturated heterocycles. The Labute approximate surface area is 208 Å². The highest BCUT2D eigenvalue weighted by Crippen LogP contribution is 2.25. The zero-order chi connectivity index (χ0) is 25.9. The summed E-state index contributed by atoms with van der Waals surface area (Å²) in [6.07, 6.45) is -0.276. The Hall–Kier alpha value is -4.66. The molecule has 0 bridgehead atoms. The Bertz CT molecular complexity index is 1200. The van der Waals surface area contributed by atoms with E-state index in [1.165, 1.54) is 6.92 Å². The molecule has 0 saturated carbocycles. The molecule has 0 atom stereocenters. The number of hydrogen-bond donors (Lipinski definition) is 2. The molecule has 9 heteroatoms. The van der Waals surface area contributed by atoms with Crippen molar-refractivity contribution in [1.82, 2.24) is 0 Å². The first-order chi connectivity index (χ1) is 17.3.